The Morgan fingerprint density at radius 2 is 1.44 bits per heavy atom. The van der Waals surface area contributed by atoms with E-state index in [1.54, 1.807) is 6.07 Å². The van der Waals surface area contributed by atoms with Crippen LogP contribution in [0.4, 0.5) is 10.1 Å². The summed E-state index contributed by atoms with van der Waals surface area (Å²) < 4.78 is 13.7. The minimum absolute atomic E-state index is 0.344. The van der Waals surface area contributed by atoms with Gasteiger partial charge in [-0.1, -0.05) is 60.7 Å². The molecular formula is C21H16FN3. The van der Waals surface area contributed by atoms with E-state index in [1.807, 2.05) is 60.7 Å². The maximum Gasteiger partial charge on any atom is 0.140 e. The van der Waals surface area contributed by atoms with Crippen LogP contribution in [-0.2, 0) is 0 Å². The number of aromatic nitrogens is 2. The summed E-state index contributed by atoms with van der Waals surface area (Å²) in [6.45, 7) is 0. The quantitative estimate of drug-likeness (QED) is 0.512. The van der Waals surface area contributed by atoms with E-state index >= 15 is 0 Å². The Bertz CT molecular complexity index is 951. The van der Waals surface area contributed by atoms with Gasteiger partial charge in [0.05, 0.1) is 11.4 Å². The molecule has 0 fully saturated rings. The van der Waals surface area contributed by atoms with E-state index < -0.39 is 0 Å². The van der Waals surface area contributed by atoms with Gasteiger partial charge in [-0.2, -0.15) is 0 Å². The Morgan fingerprint density at radius 1 is 0.800 bits per heavy atom. The van der Waals surface area contributed by atoms with Crippen molar-refractivity contribution in [2.75, 3.05) is 5.73 Å². The molecule has 3 aromatic carbocycles. The first-order valence-corrected chi connectivity index (χ1v) is 7.98. The molecule has 3 nitrogen and oxygen atoms in total. The Labute approximate surface area is 145 Å². The van der Waals surface area contributed by atoms with Crippen molar-refractivity contribution in [3.8, 4) is 33.9 Å². The fraction of sp³-hybridized carbons (Fsp3) is 0. The number of aromatic amines is 1. The van der Waals surface area contributed by atoms with Gasteiger partial charge in [-0.3, -0.25) is 0 Å². The van der Waals surface area contributed by atoms with Gasteiger partial charge in [0.25, 0.3) is 0 Å². The average molecular weight is 329 g/mol. The molecule has 0 aliphatic rings. The summed E-state index contributed by atoms with van der Waals surface area (Å²) in [4.78, 5) is 8.05. The fourth-order valence-corrected chi connectivity index (χ4v) is 2.85. The number of anilines is 1. The maximum absolute atomic E-state index is 13.7. The molecule has 0 unspecified atom stereocenters. The van der Waals surface area contributed by atoms with Crippen molar-refractivity contribution in [1.29, 1.82) is 0 Å². The van der Waals surface area contributed by atoms with Crippen molar-refractivity contribution in [2.45, 2.75) is 0 Å². The lowest BCUT2D eigenvalue weighted by Crippen LogP contribution is -1.92. The van der Waals surface area contributed by atoms with Crippen LogP contribution < -0.4 is 5.73 Å². The number of nitrogens with two attached hydrogens (primary N) is 1. The topological polar surface area (TPSA) is 54.7 Å². The second-order valence-corrected chi connectivity index (χ2v) is 5.77. The Morgan fingerprint density at radius 3 is 2.12 bits per heavy atom. The predicted octanol–water partition coefficient (Wildman–Crippen LogP) is 5.13. The molecule has 4 heteroatoms. The van der Waals surface area contributed by atoms with E-state index in [1.165, 1.54) is 12.1 Å². The third-order valence-electron chi connectivity index (χ3n) is 4.08. The SMILES string of the molecule is Nc1ccc(F)cc1-c1nc(-c2ccccc2)c(-c2ccccc2)[nH]1. The van der Waals surface area contributed by atoms with Gasteiger partial charge in [-0.25, -0.2) is 9.37 Å². The van der Waals surface area contributed by atoms with Crippen molar-refractivity contribution in [2.24, 2.45) is 0 Å². The second kappa shape index (κ2) is 6.24. The molecular weight excluding hydrogens is 313 g/mol. The highest BCUT2D eigenvalue weighted by Gasteiger charge is 2.16. The Kier molecular flexibility index (Phi) is 3.78. The average Bonchev–Trinajstić information content (AvgIpc) is 3.10. The highest BCUT2D eigenvalue weighted by molar-refractivity contribution is 5.83. The normalized spacial score (nSPS) is 10.8. The van der Waals surface area contributed by atoms with Crippen molar-refractivity contribution >= 4 is 5.69 Å². The number of halogens is 1. The molecule has 0 aliphatic heterocycles. The van der Waals surface area contributed by atoms with Crippen LogP contribution in [0, 0.1) is 5.82 Å². The third-order valence-corrected chi connectivity index (χ3v) is 4.08. The number of nitrogens with zero attached hydrogens (tertiary/aromatic N) is 1. The molecule has 0 aliphatic carbocycles. The summed E-state index contributed by atoms with van der Waals surface area (Å²) >= 11 is 0. The summed E-state index contributed by atoms with van der Waals surface area (Å²) in [5.74, 6) is 0.206. The van der Waals surface area contributed by atoms with Crippen LogP contribution in [0.15, 0.2) is 78.9 Å². The fourth-order valence-electron chi connectivity index (χ4n) is 2.85. The zero-order chi connectivity index (χ0) is 17.2. The van der Waals surface area contributed by atoms with Gasteiger partial charge in [-0.15, -0.1) is 0 Å². The molecule has 0 bridgehead atoms. The monoisotopic (exact) mass is 329 g/mol. The first-order chi connectivity index (χ1) is 12.2. The molecule has 1 heterocycles. The summed E-state index contributed by atoms with van der Waals surface area (Å²) in [6.07, 6.45) is 0. The van der Waals surface area contributed by atoms with Gasteiger partial charge in [0, 0.05) is 22.4 Å². The highest BCUT2D eigenvalue weighted by Crippen LogP contribution is 2.34. The second-order valence-electron chi connectivity index (χ2n) is 5.77. The molecule has 0 spiro atoms. The van der Waals surface area contributed by atoms with Gasteiger partial charge in [0.15, 0.2) is 0 Å². The van der Waals surface area contributed by atoms with Gasteiger partial charge in [0.1, 0.15) is 11.6 Å². The number of rotatable bonds is 3. The maximum atomic E-state index is 13.7. The van der Waals surface area contributed by atoms with Crippen LogP contribution in [0.2, 0.25) is 0 Å². The van der Waals surface area contributed by atoms with Gasteiger partial charge < -0.3 is 10.7 Å². The smallest absolute Gasteiger partial charge is 0.140 e. The highest BCUT2D eigenvalue weighted by atomic mass is 19.1. The Balaban J connectivity index is 1.94. The number of nitrogen functional groups attached to an aromatic ring is 1. The van der Waals surface area contributed by atoms with Gasteiger partial charge in [0.2, 0.25) is 0 Å². The van der Waals surface area contributed by atoms with E-state index in [0.29, 0.717) is 17.1 Å². The zero-order valence-corrected chi connectivity index (χ0v) is 13.4. The Hall–Kier alpha value is -3.40. The number of hydrogen-bond acceptors (Lipinski definition) is 2. The molecule has 122 valence electrons. The molecule has 4 rings (SSSR count). The van der Waals surface area contributed by atoms with Crippen molar-refractivity contribution in [3.63, 3.8) is 0 Å². The summed E-state index contributed by atoms with van der Waals surface area (Å²) in [6, 6.07) is 24.1. The van der Waals surface area contributed by atoms with Crippen molar-refractivity contribution in [1.82, 2.24) is 9.97 Å². The van der Waals surface area contributed by atoms with Crippen LogP contribution >= 0.6 is 0 Å². The van der Waals surface area contributed by atoms with Crippen molar-refractivity contribution < 1.29 is 4.39 Å². The van der Waals surface area contributed by atoms with Crippen molar-refractivity contribution in [3.05, 3.63) is 84.7 Å². The molecule has 0 amide bonds. The van der Waals surface area contributed by atoms with E-state index in [9.17, 15) is 4.39 Å². The minimum atomic E-state index is -0.344. The summed E-state index contributed by atoms with van der Waals surface area (Å²) in [5.41, 5.74) is 10.8. The summed E-state index contributed by atoms with van der Waals surface area (Å²) in [7, 11) is 0. The molecule has 0 saturated heterocycles. The van der Waals surface area contributed by atoms with E-state index in [4.69, 9.17) is 10.7 Å². The number of hydrogen-bond donors (Lipinski definition) is 2. The lowest BCUT2D eigenvalue weighted by molar-refractivity contribution is 0.628. The zero-order valence-electron chi connectivity index (χ0n) is 13.4. The van der Waals surface area contributed by atoms with Crippen LogP contribution in [0.3, 0.4) is 0 Å². The van der Waals surface area contributed by atoms with Crippen LogP contribution in [0.5, 0.6) is 0 Å². The molecule has 25 heavy (non-hydrogen) atoms. The number of nitrogens with one attached hydrogen (secondary N) is 1. The predicted molar refractivity (Wildman–Crippen MR) is 99.3 cm³/mol. The minimum Gasteiger partial charge on any atom is -0.398 e. The third kappa shape index (κ3) is 2.90. The number of H-pyrrole nitrogens is 1. The standard InChI is InChI=1S/C21H16FN3/c22-16-11-12-18(23)17(13-16)21-24-19(14-7-3-1-4-8-14)20(25-21)15-9-5-2-6-10-15/h1-13H,23H2,(H,24,25). The van der Waals surface area contributed by atoms with E-state index in [2.05, 4.69) is 4.98 Å². The van der Waals surface area contributed by atoms with Crippen LogP contribution in [0.25, 0.3) is 33.9 Å². The van der Waals surface area contributed by atoms with E-state index in [0.717, 1.165) is 22.5 Å². The molecule has 0 atom stereocenters. The molecule has 3 N–H and O–H groups in total. The molecule has 0 radical (unpaired) electrons. The van der Waals surface area contributed by atoms with Gasteiger partial charge >= 0.3 is 0 Å². The lowest BCUT2D eigenvalue weighted by Gasteiger charge is -2.02. The molecule has 1 aromatic heterocycles. The van der Waals surface area contributed by atoms with Crippen LogP contribution in [-0.4, -0.2) is 9.97 Å². The molecule has 0 saturated carbocycles. The first-order valence-electron chi connectivity index (χ1n) is 7.98. The number of imidazole rings is 1. The van der Waals surface area contributed by atoms with E-state index in [-0.39, 0.29) is 5.82 Å². The lowest BCUT2D eigenvalue weighted by atomic mass is 10.1. The first kappa shape index (κ1) is 15.1. The number of benzene rings is 3. The molecule has 4 aromatic rings. The van der Waals surface area contributed by atoms with Gasteiger partial charge in [-0.05, 0) is 18.2 Å². The largest absolute Gasteiger partial charge is 0.398 e. The summed E-state index contributed by atoms with van der Waals surface area (Å²) in [5, 5.41) is 0. The van der Waals surface area contributed by atoms with Crippen LogP contribution in [0.1, 0.15) is 0 Å².